The van der Waals surface area contributed by atoms with E-state index >= 15 is 0 Å². The zero-order chi connectivity index (χ0) is 16.2. The number of amides is 1. The Morgan fingerprint density at radius 1 is 1.13 bits per heavy atom. The van der Waals surface area contributed by atoms with E-state index in [0.717, 1.165) is 37.7 Å². The Kier molecular flexibility index (Phi) is 4.96. The van der Waals surface area contributed by atoms with Crippen molar-refractivity contribution in [3.63, 3.8) is 0 Å². The quantitative estimate of drug-likeness (QED) is 0.865. The summed E-state index contributed by atoms with van der Waals surface area (Å²) in [6.45, 7) is 7.56. The monoisotopic (exact) mass is 329 g/mol. The summed E-state index contributed by atoms with van der Waals surface area (Å²) >= 11 is 1.66. The number of hydrogen-bond acceptors (Lipinski definition) is 4. The summed E-state index contributed by atoms with van der Waals surface area (Å²) < 4.78 is 0. The molecule has 0 unspecified atom stereocenters. The number of rotatable bonds is 4. The fourth-order valence-electron chi connectivity index (χ4n) is 3.14. The van der Waals surface area contributed by atoms with Crippen LogP contribution in [0.25, 0.3) is 0 Å². The van der Waals surface area contributed by atoms with Crippen LogP contribution in [0.1, 0.15) is 23.1 Å². The molecule has 1 aliphatic heterocycles. The molecule has 4 nitrogen and oxygen atoms in total. The first-order valence-corrected chi connectivity index (χ1v) is 8.99. The minimum absolute atomic E-state index is 0.267. The van der Waals surface area contributed by atoms with Gasteiger partial charge in [-0.2, -0.15) is 0 Å². The van der Waals surface area contributed by atoms with Crippen LogP contribution in [0.4, 0.5) is 5.13 Å². The van der Waals surface area contributed by atoms with Crippen LogP contribution in [-0.2, 0) is 11.2 Å². The molecule has 0 spiro atoms. The van der Waals surface area contributed by atoms with E-state index in [2.05, 4.69) is 41.9 Å². The number of carbonyl (C=O) groups excluding carboxylic acids is 1. The zero-order valence-corrected chi connectivity index (χ0v) is 14.6. The van der Waals surface area contributed by atoms with Crippen molar-refractivity contribution in [2.24, 2.45) is 0 Å². The summed E-state index contributed by atoms with van der Waals surface area (Å²) in [7, 11) is 0. The number of piperazine rings is 1. The Balaban J connectivity index is 1.49. The van der Waals surface area contributed by atoms with Crippen molar-refractivity contribution in [2.75, 3.05) is 31.1 Å². The molecule has 5 heteroatoms. The van der Waals surface area contributed by atoms with E-state index in [-0.39, 0.29) is 5.91 Å². The molecule has 1 aliphatic rings. The number of benzene rings is 1. The summed E-state index contributed by atoms with van der Waals surface area (Å²) in [4.78, 5) is 21.0. The fourth-order valence-corrected chi connectivity index (χ4v) is 3.84. The molecule has 0 atom stereocenters. The summed E-state index contributed by atoms with van der Waals surface area (Å²) in [5, 5.41) is 3.06. The maximum atomic E-state index is 12.4. The van der Waals surface area contributed by atoms with Crippen LogP contribution in [-0.4, -0.2) is 42.0 Å². The molecule has 0 radical (unpaired) electrons. The van der Waals surface area contributed by atoms with Gasteiger partial charge in [0.25, 0.3) is 0 Å². The third kappa shape index (κ3) is 4.10. The molecule has 1 fully saturated rings. The first-order chi connectivity index (χ1) is 11.1. The third-order valence-corrected chi connectivity index (χ3v) is 5.06. The standard InChI is InChI=1S/C18H23N3OS/c1-14-11-15(2)13-16(12-14)3-4-17(22)20-6-8-21(9-7-20)18-19-5-10-23-18/h5,10-13H,3-4,6-9H2,1-2H3. The number of thiazole rings is 1. The van der Waals surface area contributed by atoms with Crippen LogP contribution in [0, 0.1) is 13.8 Å². The van der Waals surface area contributed by atoms with E-state index in [1.54, 1.807) is 11.3 Å². The second kappa shape index (κ2) is 7.13. The fraction of sp³-hybridized carbons (Fsp3) is 0.444. The normalized spacial score (nSPS) is 15.0. The van der Waals surface area contributed by atoms with Crippen LogP contribution in [0.3, 0.4) is 0 Å². The average molecular weight is 329 g/mol. The first kappa shape index (κ1) is 16.0. The van der Waals surface area contributed by atoms with Crippen LogP contribution < -0.4 is 4.90 Å². The van der Waals surface area contributed by atoms with Gasteiger partial charge in [0.15, 0.2) is 5.13 Å². The van der Waals surface area contributed by atoms with E-state index in [1.165, 1.54) is 16.7 Å². The Labute approximate surface area is 141 Å². The van der Waals surface area contributed by atoms with Gasteiger partial charge in [0.05, 0.1) is 0 Å². The average Bonchev–Trinajstić information content (AvgIpc) is 3.06. The molecule has 1 amide bonds. The molecule has 2 aromatic rings. The Hall–Kier alpha value is -1.88. The van der Waals surface area contributed by atoms with Gasteiger partial charge < -0.3 is 9.80 Å². The number of aryl methyl sites for hydroxylation is 3. The molecule has 122 valence electrons. The lowest BCUT2D eigenvalue weighted by molar-refractivity contribution is -0.131. The van der Waals surface area contributed by atoms with Crippen molar-refractivity contribution in [1.82, 2.24) is 9.88 Å². The molecule has 0 saturated carbocycles. The Bertz CT molecular complexity index is 641. The smallest absolute Gasteiger partial charge is 0.223 e. The number of carbonyl (C=O) groups is 1. The lowest BCUT2D eigenvalue weighted by atomic mass is 10.0. The van der Waals surface area contributed by atoms with Gasteiger partial charge in [-0.05, 0) is 25.8 Å². The molecule has 1 aromatic carbocycles. The number of hydrogen-bond donors (Lipinski definition) is 0. The lowest BCUT2D eigenvalue weighted by Gasteiger charge is -2.34. The largest absolute Gasteiger partial charge is 0.345 e. The minimum atomic E-state index is 0.267. The zero-order valence-electron chi connectivity index (χ0n) is 13.8. The predicted octanol–water partition coefficient (Wildman–Crippen LogP) is 3.04. The van der Waals surface area contributed by atoms with Crippen molar-refractivity contribution >= 4 is 22.4 Å². The van der Waals surface area contributed by atoms with E-state index < -0.39 is 0 Å². The maximum absolute atomic E-state index is 12.4. The van der Waals surface area contributed by atoms with Gasteiger partial charge in [0.1, 0.15) is 0 Å². The highest BCUT2D eigenvalue weighted by atomic mass is 32.1. The Morgan fingerprint density at radius 3 is 2.43 bits per heavy atom. The molecule has 3 rings (SSSR count). The third-order valence-electron chi connectivity index (χ3n) is 4.23. The first-order valence-electron chi connectivity index (χ1n) is 8.11. The molecule has 0 aliphatic carbocycles. The maximum Gasteiger partial charge on any atom is 0.223 e. The van der Waals surface area contributed by atoms with Gasteiger partial charge in [-0.25, -0.2) is 4.98 Å². The van der Waals surface area contributed by atoms with Crippen molar-refractivity contribution in [2.45, 2.75) is 26.7 Å². The highest BCUT2D eigenvalue weighted by Crippen LogP contribution is 2.19. The van der Waals surface area contributed by atoms with Gasteiger partial charge in [0, 0.05) is 44.2 Å². The van der Waals surface area contributed by atoms with Crippen LogP contribution >= 0.6 is 11.3 Å². The van der Waals surface area contributed by atoms with Gasteiger partial charge in [0.2, 0.25) is 5.91 Å². The van der Waals surface area contributed by atoms with E-state index in [0.29, 0.717) is 6.42 Å². The lowest BCUT2D eigenvalue weighted by Crippen LogP contribution is -2.48. The van der Waals surface area contributed by atoms with Crippen molar-refractivity contribution in [1.29, 1.82) is 0 Å². The molecular formula is C18H23N3OS. The minimum Gasteiger partial charge on any atom is -0.345 e. The number of nitrogens with zero attached hydrogens (tertiary/aromatic N) is 3. The molecule has 2 heterocycles. The van der Waals surface area contributed by atoms with Crippen molar-refractivity contribution in [3.8, 4) is 0 Å². The second-order valence-corrected chi connectivity index (χ2v) is 7.05. The van der Waals surface area contributed by atoms with Crippen LogP contribution in [0.15, 0.2) is 29.8 Å². The van der Waals surface area contributed by atoms with E-state index in [9.17, 15) is 4.79 Å². The Morgan fingerprint density at radius 2 is 1.83 bits per heavy atom. The number of anilines is 1. The summed E-state index contributed by atoms with van der Waals surface area (Å²) in [5.74, 6) is 0.267. The highest BCUT2D eigenvalue weighted by Gasteiger charge is 2.22. The summed E-state index contributed by atoms with van der Waals surface area (Å²) in [5.41, 5.74) is 3.80. The molecular weight excluding hydrogens is 306 g/mol. The van der Waals surface area contributed by atoms with Gasteiger partial charge in [-0.3, -0.25) is 4.79 Å². The van der Waals surface area contributed by atoms with Crippen molar-refractivity contribution < 1.29 is 4.79 Å². The summed E-state index contributed by atoms with van der Waals surface area (Å²) in [6.07, 6.45) is 3.26. The van der Waals surface area contributed by atoms with E-state index in [1.807, 2.05) is 16.5 Å². The molecule has 0 N–H and O–H groups in total. The topological polar surface area (TPSA) is 36.4 Å². The van der Waals surface area contributed by atoms with Gasteiger partial charge in [-0.15, -0.1) is 11.3 Å². The predicted molar refractivity (Wildman–Crippen MR) is 95.1 cm³/mol. The molecule has 0 bridgehead atoms. The summed E-state index contributed by atoms with van der Waals surface area (Å²) in [6, 6.07) is 6.53. The number of aromatic nitrogens is 1. The molecule has 23 heavy (non-hydrogen) atoms. The van der Waals surface area contributed by atoms with E-state index in [4.69, 9.17) is 0 Å². The van der Waals surface area contributed by atoms with Gasteiger partial charge >= 0.3 is 0 Å². The molecule has 1 saturated heterocycles. The molecule has 1 aromatic heterocycles. The second-order valence-electron chi connectivity index (χ2n) is 6.18. The van der Waals surface area contributed by atoms with Crippen LogP contribution in [0.2, 0.25) is 0 Å². The van der Waals surface area contributed by atoms with Crippen LogP contribution in [0.5, 0.6) is 0 Å². The van der Waals surface area contributed by atoms with Crippen molar-refractivity contribution in [3.05, 3.63) is 46.5 Å². The van der Waals surface area contributed by atoms with Gasteiger partial charge in [-0.1, -0.05) is 29.3 Å². The SMILES string of the molecule is Cc1cc(C)cc(CCC(=O)N2CCN(c3nccs3)CC2)c1. The highest BCUT2D eigenvalue weighted by molar-refractivity contribution is 7.13.